The molecule has 0 spiro atoms. The number of aryl methyl sites for hydroxylation is 1. The third-order valence-corrected chi connectivity index (χ3v) is 8.68. The maximum atomic E-state index is 16.7. The van der Waals surface area contributed by atoms with Gasteiger partial charge >= 0.3 is 6.01 Å². The van der Waals surface area contributed by atoms with E-state index in [1.807, 2.05) is 48.0 Å². The van der Waals surface area contributed by atoms with E-state index in [0.717, 1.165) is 22.4 Å². The number of amides is 1. The summed E-state index contributed by atoms with van der Waals surface area (Å²) in [4.78, 5) is 36.1. The van der Waals surface area contributed by atoms with Crippen molar-refractivity contribution in [1.82, 2.24) is 29.7 Å². The van der Waals surface area contributed by atoms with Crippen LogP contribution in [0, 0.1) is 24.1 Å². The molecule has 10 nitrogen and oxygen atoms in total. The average molecular weight is 643 g/mol. The Labute approximate surface area is 269 Å². The van der Waals surface area contributed by atoms with E-state index in [9.17, 15) is 18.8 Å². The molecule has 0 bridgehead atoms. The van der Waals surface area contributed by atoms with Crippen molar-refractivity contribution in [3.8, 4) is 23.3 Å². The number of hydrogen-bond acceptors (Lipinski definition) is 9. The van der Waals surface area contributed by atoms with Crippen molar-refractivity contribution >= 4 is 33.4 Å². The highest BCUT2D eigenvalue weighted by Gasteiger charge is 2.32. The molecule has 13 heteroatoms. The molecule has 2 aliphatic rings. The third kappa shape index (κ3) is 6.46. The number of ether oxygens (including phenoxy) is 1. The zero-order valence-corrected chi connectivity index (χ0v) is 26.0. The van der Waals surface area contributed by atoms with Gasteiger partial charge in [-0.15, -0.1) is 0 Å². The largest absolute Gasteiger partial charge is 0.462 e. The summed E-state index contributed by atoms with van der Waals surface area (Å²) >= 11 is 0. The van der Waals surface area contributed by atoms with Gasteiger partial charge in [0.05, 0.1) is 17.5 Å². The predicted molar refractivity (Wildman–Crippen MR) is 172 cm³/mol. The normalized spacial score (nSPS) is 20.6. The standard InChI is InChI=1S/C34H33F3N8O2/c1-21-6-3-7-22-15-39-16-26(29(21)22)31-30(37)32-27(17-40-31)33(42-34(41-32)47-20-25-14-23(36)18-43(25)2)44-12-13-45(28(46)9-4-10-35)24(19-44)8-5-11-38/h3-9,15-17,23-25H,10,12-14,18-20H2,1-2H3/b8-5+,9-4+/t23-,24?,25+/m1/s1. The molecule has 4 aromatic rings. The van der Waals surface area contributed by atoms with E-state index in [1.54, 1.807) is 18.5 Å². The number of carbonyl (C=O) groups excluding carboxylic acids is 1. The van der Waals surface area contributed by atoms with E-state index in [-0.39, 0.29) is 43.0 Å². The minimum absolute atomic E-state index is 0.0165. The highest BCUT2D eigenvalue weighted by Crippen LogP contribution is 2.36. The van der Waals surface area contributed by atoms with Gasteiger partial charge in [-0.25, -0.2) is 13.2 Å². The predicted octanol–water partition coefficient (Wildman–Crippen LogP) is 4.73. The second-order valence-electron chi connectivity index (χ2n) is 11.7. The lowest BCUT2D eigenvalue weighted by Gasteiger charge is -2.40. The molecule has 1 amide bonds. The van der Waals surface area contributed by atoms with Crippen LogP contribution in [0.15, 0.2) is 61.1 Å². The minimum atomic E-state index is -0.970. The zero-order valence-electron chi connectivity index (χ0n) is 26.0. The lowest BCUT2D eigenvalue weighted by Crippen LogP contribution is -2.54. The SMILES string of the molecule is Cc1cccc2cncc(-c3ncc4c(N5CCN(C(=O)/C=C/CF)C(/C=C/C#N)C5)nc(OC[C@@H]5C[C@@H](F)CN5C)nc4c3F)c12. The number of carbonyl (C=O) groups is 1. The molecule has 242 valence electrons. The van der Waals surface area contributed by atoms with Crippen molar-refractivity contribution < 1.29 is 22.7 Å². The van der Waals surface area contributed by atoms with E-state index in [4.69, 9.17) is 4.74 Å². The summed E-state index contributed by atoms with van der Waals surface area (Å²) in [5, 5.41) is 11.2. The summed E-state index contributed by atoms with van der Waals surface area (Å²) in [6.07, 6.45) is 9.31. The minimum Gasteiger partial charge on any atom is -0.462 e. The Bertz CT molecular complexity index is 1910. The van der Waals surface area contributed by atoms with Crippen LogP contribution in [0.3, 0.4) is 0 Å². The van der Waals surface area contributed by atoms with E-state index >= 15 is 4.39 Å². The number of pyridine rings is 2. The Kier molecular flexibility index (Phi) is 9.31. The van der Waals surface area contributed by atoms with Crippen LogP contribution in [0.5, 0.6) is 6.01 Å². The summed E-state index contributed by atoms with van der Waals surface area (Å²) in [7, 11) is 1.82. The number of likely N-dealkylation sites (N-methyl/N-ethyl adjacent to an activating group) is 1. The molecule has 2 fully saturated rings. The second-order valence-corrected chi connectivity index (χ2v) is 11.7. The Morgan fingerprint density at radius 2 is 2.04 bits per heavy atom. The molecular weight excluding hydrogens is 609 g/mol. The number of hydrogen-bond donors (Lipinski definition) is 0. The van der Waals surface area contributed by atoms with Crippen LogP contribution in [0.1, 0.15) is 12.0 Å². The fourth-order valence-electron chi connectivity index (χ4n) is 6.33. The van der Waals surface area contributed by atoms with Crippen molar-refractivity contribution in [2.24, 2.45) is 0 Å². The van der Waals surface area contributed by atoms with Crippen LogP contribution in [0.2, 0.25) is 0 Å². The molecule has 0 aliphatic carbocycles. The van der Waals surface area contributed by atoms with E-state index < -0.39 is 30.6 Å². The Morgan fingerprint density at radius 1 is 1.19 bits per heavy atom. The number of piperazine rings is 1. The molecule has 0 N–H and O–H groups in total. The van der Waals surface area contributed by atoms with Gasteiger partial charge in [0.25, 0.3) is 0 Å². The van der Waals surface area contributed by atoms with Crippen LogP contribution >= 0.6 is 0 Å². The maximum Gasteiger partial charge on any atom is 0.319 e. The van der Waals surface area contributed by atoms with E-state index in [2.05, 4.69) is 19.9 Å². The summed E-state index contributed by atoms with van der Waals surface area (Å²) in [6.45, 7) is 2.26. The molecule has 1 aromatic carbocycles. The second kappa shape index (κ2) is 13.7. The average Bonchev–Trinajstić information content (AvgIpc) is 3.41. The summed E-state index contributed by atoms with van der Waals surface area (Å²) in [5.41, 5.74) is 1.50. The number of allylic oxidation sites excluding steroid dienone is 2. The maximum absolute atomic E-state index is 16.7. The molecular formula is C34H33F3N8O2. The molecule has 0 saturated carbocycles. The van der Waals surface area contributed by atoms with Crippen LogP contribution in [-0.4, -0.2) is 100 Å². The smallest absolute Gasteiger partial charge is 0.319 e. The summed E-state index contributed by atoms with van der Waals surface area (Å²) in [6, 6.07) is 6.85. The number of halogens is 3. The van der Waals surface area contributed by atoms with Crippen molar-refractivity contribution in [2.45, 2.75) is 31.6 Å². The lowest BCUT2D eigenvalue weighted by molar-refractivity contribution is -0.127. The van der Waals surface area contributed by atoms with Gasteiger partial charge in [-0.3, -0.25) is 19.7 Å². The van der Waals surface area contributed by atoms with Gasteiger partial charge in [0.1, 0.15) is 36.5 Å². The number of rotatable bonds is 8. The first-order chi connectivity index (χ1) is 22.8. The van der Waals surface area contributed by atoms with Gasteiger partial charge in [-0.1, -0.05) is 18.2 Å². The van der Waals surface area contributed by atoms with Gasteiger partial charge in [0, 0.05) is 73.9 Å². The Hall–Kier alpha value is -5.09. The van der Waals surface area contributed by atoms with Gasteiger partial charge in [0.15, 0.2) is 5.82 Å². The van der Waals surface area contributed by atoms with Crippen molar-refractivity contribution in [2.75, 3.05) is 51.4 Å². The first-order valence-corrected chi connectivity index (χ1v) is 15.3. The third-order valence-electron chi connectivity index (χ3n) is 8.68. The number of likely N-dealkylation sites (tertiary alicyclic amines) is 1. The number of nitriles is 1. The number of aromatic nitrogens is 4. The van der Waals surface area contributed by atoms with Crippen molar-refractivity contribution in [1.29, 1.82) is 5.26 Å². The molecule has 1 unspecified atom stereocenters. The Morgan fingerprint density at radius 3 is 2.81 bits per heavy atom. The van der Waals surface area contributed by atoms with E-state index in [1.165, 1.54) is 23.2 Å². The fraction of sp³-hybridized carbons (Fsp3) is 0.353. The van der Waals surface area contributed by atoms with Gasteiger partial charge in [0.2, 0.25) is 5.91 Å². The van der Waals surface area contributed by atoms with Crippen LogP contribution < -0.4 is 9.64 Å². The van der Waals surface area contributed by atoms with Gasteiger partial charge in [-0.2, -0.15) is 15.2 Å². The number of fused-ring (bicyclic) bond motifs is 2. The number of nitrogens with zero attached hydrogens (tertiary/aromatic N) is 8. The van der Waals surface area contributed by atoms with Crippen LogP contribution in [0.25, 0.3) is 32.9 Å². The van der Waals surface area contributed by atoms with Gasteiger partial charge in [-0.05, 0) is 43.5 Å². The van der Waals surface area contributed by atoms with Crippen LogP contribution in [-0.2, 0) is 4.79 Å². The molecule has 47 heavy (non-hydrogen) atoms. The van der Waals surface area contributed by atoms with Crippen molar-refractivity contribution in [3.05, 3.63) is 72.5 Å². The molecule has 5 heterocycles. The van der Waals surface area contributed by atoms with Crippen molar-refractivity contribution in [3.63, 3.8) is 0 Å². The molecule has 2 saturated heterocycles. The number of anilines is 1. The first kappa shape index (κ1) is 31.9. The molecule has 0 radical (unpaired) electrons. The summed E-state index contributed by atoms with van der Waals surface area (Å²) in [5.74, 6) is -0.740. The Balaban J connectivity index is 1.44. The molecule has 3 atom stereocenters. The molecule has 3 aromatic heterocycles. The van der Waals surface area contributed by atoms with E-state index in [0.29, 0.717) is 36.3 Å². The topological polar surface area (TPSA) is 111 Å². The monoisotopic (exact) mass is 642 g/mol. The number of benzene rings is 1. The lowest BCUT2D eigenvalue weighted by atomic mass is 10.00. The molecule has 6 rings (SSSR count). The highest BCUT2D eigenvalue weighted by molar-refractivity contribution is 6.00. The first-order valence-electron chi connectivity index (χ1n) is 15.3. The zero-order chi connectivity index (χ0) is 33.1. The quantitative estimate of drug-likeness (QED) is 0.199. The van der Waals surface area contributed by atoms with Gasteiger partial charge < -0.3 is 14.5 Å². The highest BCUT2D eigenvalue weighted by atomic mass is 19.1. The fourth-order valence-corrected chi connectivity index (χ4v) is 6.33. The summed E-state index contributed by atoms with van der Waals surface area (Å²) < 4.78 is 49.5. The number of alkyl halides is 2. The van der Waals surface area contributed by atoms with Crippen LogP contribution in [0.4, 0.5) is 19.0 Å². The molecule has 2 aliphatic heterocycles.